The number of benzene rings is 1. The lowest BCUT2D eigenvalue weighted by Crippen LogP contribution is -2.16. The summed E-state index contributed by atoms with van der Waals surface area (Å²) in [4.78, 5) is 4.41. The van der Waals surface area contributed by atoms with E-state index in [-0.39, 0.29) is 0 Å². The Morgan fingerprint density at radius 2 is 2.12 bits per heavy atom. The maximum Gasteiger partial charge on any atom is 0.0708 e. The topological polar surface area (TPSA) is 38.9 Å². The summed E-state index contributed by atoms with van der Waals surface area (Å²) in [6.45, 7) is 1.08. The molecule has 0 aliphatic rings. The van der Waals surface area contributed by atoms with Gasteiger partial charge in [-0.15, -0.1) is 0 Å². The zero-order valence-electron chi connectivity index (χ0n) is 12.2. The largest absolute Gasteiger partial charge is 0.397 e. The van der Waals surface area contributed by atoms with Crippen LogP contribution in [0, 0.1) is 0 Å². The summed E-state index contributed by atoms with van der Waals surface area (Å²) in [5, 5.41) is 1.40. The normalized spacial score (nSPS) is 15.6. The van der Waals surface area contributed by atoms with Crippen molar-refractivity contribution in [2.45, 2.75) is 26.1 Å². The number of nitrogens with zero attached hydrogens (tertiary/aromatic N) is 1. The first-order valence-corrected chi connectivity index (χ1v) is 5.37. The first-order chi connectivity index (χ1) is 8.63. The SMILES string of the molecule is [2H]C([2H])([2H])C(C)(C)c1nc2ccc(Cl)cc2cc1N. The van der Waals surface area contributed by atoms with E-state index in [0.29, 0.717) is 21.9 Å². The standard InChI is InChI=1S/C13H15ClN2/c1-13(2,3)12-10(15)7-8-6-9(14)4-5-11(8)16-12/h4-7H,15H2,1-3H3/i1D3. The molecule has 2 nitrogen and oxygen atoms in total. The summed E-state index contributed by atoms with van der Waals surface area (Å²) in [6, 6.07) is 6.96. The molecule has 0 atom stereocenters. The van der Waals surface area contributed by atoms with Crippen molar-refractivity contribution in [3.8, 4) is 0 Å². The molecule has 0 aliphatic carbocycles. The summed E-state index contributed by atoms with van der Waals surface area (Å²) < 4.78 is 22.9. The Labute approximate surface area is 105 Å². The van der Waals surface area contributed by atoms with Gasteiger partial charge in [0.15, 0.2) is 0 Å². The molecule has 2 aromatic rings. The summed E-state index contributed by atoms with van der Waals surface area (Å²) >= 11 is 5.91. The monoisotopic (exact) mass is 237 g/mol. The highest BCUT2D eigenvalue weighted by Crippen LogP contribution is 2.29. The quantitative estimate of drug-likeness (QED) is 0.758. The summed E-state index contributed by atoms with van der Waals surface area (Å²) in [5.74, 6) is 0. The van der Waals surface area contributed by atoms with Crippen LogP contribution in [0.2, 0.25) is 5.02 Å². The molecule has 0 unspecified atom stereocenters. The van der Waals surface area contributed by atoms with Crippen molar-refractivity contribution < 1.29 is 4.11 Å². The van der Waals surface area contributed by atoms with Crippen LogP contribution >= 0.6 is 11.6 Å². The van der Waals surface area contributed by atoms with E-state index in [0.717, 1.165) is 5.39 Å². The number of fused-ring (bicyclic) bond motifs is 1. The zero-order chi connectivity index (χ0) is 14.4. The predicted molar refractivity (Wildman–Crippen MR) is 69.9 cm³/mol. The van der Waals surface area contributed by atoms with Crippen LogP contribution in [-0.4, -0.2) is 4.98 Å². The van der Waals surface area contributed by atoms with E-state index in [9.17, 15) is 0 Å². The van der Waals surface area contributed by atoms with Gasteiger partial charge >= 0.3 is 0 Å². The molecule has 3 heteroatoms. The Kier molecular flexibility index (Phi) is 1.80. The van der Waals surface area contributed by atoms with Gasteiger partial charge in [-0.25, -0.2) is 0 Å². The highest BCUT2D eigenvalue weighted by atomic mass is 35.5. The molecular weight excluding hydrogens is 220 g/mol. The fourth-order valence-corrected chi connectivity index (χ4v) is 1.84. The number of nitrogens with two attached hydrogens (primary N) is 1. The van der Waals surface area contributed by atoms with Crippen molar-refractivity contribution in [2.24, 2.45) is 0 Å². The van der Waals surface area contributed by atoms with E-state index in [1.807, 2.05) is 0 Å². The molecule has 2 rings (SSSR count). The third-order valence-corrected chi connectivity index (χ3v) is 2.63. The fourth-order valence-electron chi connectivity index (χ4n) is 1.66. The maximum absolute atomic E-state index is 7.63. The van der Waals surface area contributed by atoms with E-state index in [2.05, 4.69) is 4.98 Å². The molecule has 1 heterocycles. The summed E-state index contributed by atoms with van der Waals surface area (Å²) in [6.07, 6.45) is 0. The molecule has 1 aromatic carbocycles. The second kappa shape index (κ2) is 3.63. The minimum Gasteiger partial charge on any atom is -0.397 e. The first-order valence-electron chi connectivity index (χ1n) is 6.49. The third-order valence-electron chi connectivity index (χ3n) is 2.40. The summed E-state index contributed by atoms with van der Waals surface area (Å²) in [5.41, 5.74) is 6.31. The van der Waals surface area contributed by atoms with E-state index in [1.165, 1.54) is 0 Å². The van der Waals surface area contributed by atoms with Crippen LogP contribution < -0.4 is 5.73 Å². The van der Waals surface area contributed by atoms with Crippen molar-refractivity contribution in [1.82, 2.24) is 4.98 Å². The van der Waals surface area contributed by atoms with Crippen LogP contribution in [-0.2, 0) is 5.41 Å². The van der Waals surface area contributed by atoms with Crippen molar-refractivity contribution in [3.05, 3.63) is 35.0 Å². The van der Waals surface area contributed by atoms with Crippen LogP contribution in [0.1, 0.15) is 30.5 Å². The minimum absolute atomic E-state index is 0.371. The predicted octanol–water partition coefficient (Wildman–Crippen LogP) is 3.77. The van der Waals surface area contributed by atoms with Crippen LogP contribution in [0.15, 0.2) is 24.3 Å². The van der Waals surface area contributed by atoms with Crippen LogP contribution in [0.25, 0.3) is 10.9 Å². The fraction of sp³-hybridized carbons (Fsp3) is 0.308. The smallest absolute Gasteiger partial charge is 0.0708 e. The molecule has 0 spiro atoms. The second-order valence-corrected chi connectivity index (χ2v) is 4.82. The Morgan fingerprint density at radius 3 is 2.81 bits per heavy atom. The molecule has 0 aliphatic heterocycles. The minimum atomic E-state index is -2.17. The Hall–Kier alpha value is -1.28. The van der Waals surface area contributed by atoms with E-state index < -0.39 is 12.3 Å². The van der Waals surface area contributed by atoms with E-state index in [1.54, 1.807) is 38.1 Å². The number of hydrogen-bond acceptors (Lipinski definition) is 2. The Bertz CT molecular complexity index is 636. The molecular formula is C13H15ClN2. The van der Waals surface area contributed by atoms with Crippen LogP contribution in [0.4, 0.5) is 5.69 Å². The second-order valence-electron chi connectivity index (χ2n) is 4.39. The average molecular weight is 238 g/mol. The van der Waals surface area contributed by atoms with Crippen molar-refractivity contribution in [1.29, 1.82) is 0 Å². The van der Waals surface area contributed by atoms with Gasteiger partial charge in [-0.1, -0.05) is 32.3 Å². The molecule has 16 heavy (non-hydrogen) atoms. The van der Waals surface area contributed by atoms with Gasteiger partial charge in [-0.3, -0.25) is 4.98 Å². The van der Waals surface area contributed by atoms with Crippen molar-refractivity contribution in [2.75, 3.05) is 5.73 Å². The number of pyridine rings is 1. The van der Waals surface area contributed by atoms with Gasteiger partial charge in [-0.05, 0) is 24.3 Å². The number of anilines is 1. The van der Waals surface area contributed by atoms with Crippen LogP contribution in [0.3, 0.4) is 0 Å². The van der Waals surface area contributed by atoms with Crippen molar-refractivity contribution in [3.63, 3.8) is 0 Å². The van der Waals surface area contributed by atoms with Crippen molar-refractivity contribution >= 4 is 28.2 Å². The third kappa shape index (κ3) is 1.98. The maximum atomic E-state index is 7.63. The van der Waals surface area contributed by atoms with Crippen LogP contribution in [0.5, 0.6) is 0 Å². The van der Waals surface area contributed by atoms with Gasteiger partial charge in [-0.2, -0.15) is 0 Å². The lowest BCUT2D eigenvalue weighted by molar-refractivity contribution is 0.574. The lowest BCUT2D eigenvalue weighted by atomic mass is 9.90. The summed E-state index contributed by atoms with van der Waals surface area (Å²) in [7, 11) is 0. The highest BCUT2D eigenvalue weighted by Gasteiger charge is 2.19. The zero-order valence-corrected chi connectivity index (χ0v) is 9.97. The molecule has 0 saturated heterocycles. The van der Waals surface area contributed by atoms with Gasteiger partial charge in [0.1, 0.15) is 0 Å². The van der Waals surface area contributed by atoms with Gasteiger partial charge in [0.2, 0.25) is 0 Å². The molecule has 0 fully saturated rings. The molecule has 0 bridgehead atoms. The molecule has 0 amide bonds. The van der Waals surface area contributed by atoms with Gasteiger partial charge in [0, 0.05) is 19.9 Å². The average Bonchev–Trinajstić information content (AvgIpc) is 2.26. The Morgan fingerprint density at radius 1 is 1.38 bits per heavy atom. The van der Waals surface area contributed by atoms with E-state index in [4.69, 9.17) is 21.4 Å². The number of halogens is 1. The number of aromatic nitrogens is 1. The molecule has 0 radical (unpaired) electrons. The number of nitrogen functional groups attached to an aromatic ring is 1. The Balaban J connectivity index is 2.69. The molecule has 84 valence electrons. The van der Waals surface area contributed by atoms with Gasteiger partial charge in [0.05, 0.1) is 16.9 Å². The lowest BCUT2D eigenvalue weighted by Gasteiger charge is -2.20. The molecule has 2 N–H and O–H groups in total. The first kappa shape index (κ1) is 7.91. The van der Waals surface area contributed by atoms with Gasteiger partial charge < -0.3 is 5.73 Å². The van der Waals surface area contributed by atoms with E-state index >= 15 is 0 Å². The highest BCUT2D eigenvalue weighted by molar-refractivity contribution is 6.31. The number of hydrogen-bond donors (Lipinski definition) is 1. The van der Waals surface area contributed by atoms with Gasteiger partial charge in [0.25, 0.3) is 0 Å². The number of rotatable bonds is 0. The molecule has 1 aromatic heterocycles. The molecule has 0 saturated carbocycles.